The second-order valence-corrected chi connectivity index (χ2v) is 5.38. The van der Waals surface area contributed by atoms with E-state index in [2.05, 4.69) is 61.5 Å². The van der Waals surface area contributed by atoms with Gasteiger partial charge in [-0.25, -0.2) is 0 Å². The number of allylic oxidation sites excluding steroid dienone is 4. The van der Waals surface area contributed by atoms with Gasteiger partial charge in [-0.1, -0.05) is 55.8 Å². The Morgan fingerprint density at radius 1 is 1.21 bits per heavy atom. The van der Waals surface area contributed by atoms with Crippen molar-refractivity contribution in [3.05, 3.63) is 71.0 Å². The van der Waals surface area contributed by atoms with Crippen LogP contribution in [0.4, 0.5) is 0 Å². The third-order valence-electron chi connectivity index (χ3n) is 3.55. The van der Waals surface area contributed by atoms with Gasteiger partial charge in [-0.2, -0.15) is 0 Å². The molecule has 0 amide bonds. The first-order valence-electron chi connectivity index (χ1n) is 8.61. The van der Waals surface area contributed by atoms with E-state index in [1.54, 1.807) is 0 Å². The van der Waals surface area contributed by atoms with Crippen LogP contribution in [-0.2, 0) is 6.42 Å². The molecule has 1 aliphatic heterocycles. The van der Waals surface area contributed by atoms with Crippen LogP contribution in [0.15, 0.2) is 59.8 Å². The maximum absolute atomic E-state index is 7.03. The highest BCUT2D eigenvalue weighted by Gasteiger charge is 1.97. The minimum absolute atomic E-state index is 0.965. The highest BCUT2D eigenvalue weighted by molar-refractivity contribution is 5.76. The largest absolute Gasteiger partial charge is 0.387 e. The number of rotatable bonds is 5. The van der Waals surface area contributed by atoms with Crippen LogP contribution < -0.4 is 11.1 Å². The summed E-state index contributed by atoms with van der Waals surface area (Å²) in [6.07, 6.45) is 13.4. The molecule has 1 aliphatic rings. The zero-order valence-electron chi connectivity index (χ0n) is 15.6. The van der Waals surface area contributed by atoms with Gasteiger partial charge in [-0.15, -0.1) is 0 Å². The molecule has 0 saturated carbocycles. The third kappa shape index (κ3) is 9.11. The molecular formula is C21H33N3. The Balaban J connectivity index is 0.000000405. The first kappa shape index (κ1) is 21.9. The number of hydrogen-bond donors (Lipinski definition) is 3. The summed E-state index contributed by atoms with van der Waals surface area (Å²) in [5, 5.41) is 10.2. The van der Waals surface area contributed by atoms with E-state index in [1.165, 1.54) is 42.8 Å². The summed E-state index contributed by atoms with van der Waals surface area (Å²) in [5.41, 5.74) is 9.50. The van der Waals surface area contributed by atoms with Gasteiger partial charge in [0, 0.05) is 19.0 Å². The zero-order valence-corrected chi connectivity index (χ0v) is 15.6. The molecule has 4 N–H and O–H groups in total. The number of unbranched alkanes of at least 4 members (excludes halogenated alkanes) is 1. The van der Waals surface area contributed by atoms with Gasteiger partial charge in [0.2, 0.25) is 0 Å². The van der Waals surface area contributed by atoms with E-state index in [9.17, 15) is 0 Å². The number of hydrogen-bond acceptors (Lipinski definition) is 3. The van der Waals surface area contributed by atoms with Gasteiger partial charge in [-0.05, 0) is 56.0 Å². The number of nitrogens with two attached hydrogens (primary N) is 1. The third-order valence-corrected chi connectivity index (χ3v) is 3.55. The highest BCUT2D eigenvalue weighted by Crippen LogP contribution is 2.11. The first-order valence-corrected chi connectivity index (χ1v) is 8.61. The van der Waals surface area contributed by atoms with Crippen molar-refractivity contribution in [3.63, 3.8) is 0 Å². The van der Waals surface area contributed by atoms with Gasteiger partial charge in [0.15, 0.2) is 0 Å². The van der Waals surface area contributed by atoms with Crippen LogP contribution in [0, 0.1) is 5.41 Å². The van der Waals surface area contributed by atoms with Crippen LogP contribution in [0.25, 0.3) is 0 Å². The Morgan fingerprint density at radius 2 is 1.88 bits per heavy atom. The Kier molecular flexibility index (Phi) is 13.2. The number of dihydropyridines is 1. The molecule has 0 fully saturated rings. The highest BCUT2D eigenvalue weighted by atomic mass is 14.8. The molecule has 0 aliphatic carbocycles. The maximum Gasteiger partial charge on any atom is 0.0331 e. The standard InChI is InChI=1S/C11H15N.C9H13N.CH5N/c1-2-3-4-10-5-7-11(9-12)8-6-10;1-3-4-9-7-10-6-5-8(9)2;1-2/h5-9,12H,2-4H2,1H3;3-5,7,10H,6H2,1-2H3;2H2,1H3/b;4-3-;. The van der Waals surface area contributed by atoms with Gasteiger partial charge < -0.3 is 16.5 Å². The quantitative estimate of drug-likeness (QED) is 0.692. The van der Waals surface area contributed by atoms with E-state index in [0.29, 0.717) is 0 Å². The molecule has 0 atom stereocenters. The summed E-state index contributed by atoms with van der Waals surface area (Å²) < 4.78 is 0. The number of aryl methyl sites for hydroxylation is 1. The minimum Gasteiger partial charge on any atom is -0.387 e. The fourth-order valence-electron chi connectivity index (χ4n) is 2.13. The van der Waals surface area contributed by atoms with Crippen LogP contribution in [0.3, 0.4) is 0 Å². The first-order chi connectivity index (χ1) is 11.7. The Bertz CT molecular complexity index is 537. The van der Waals surface area contributed by atoms with Crippen LogP contribution in [0.1, 0.15) is 44.7 Å². The lowest BCUT2D eigenvalue weighted by Gasteiger charge is -2.09. The average Bonchev–Trinajstić information content (AvgIpc) is 2.65. The second-order valence-electron chi connectivity index (χ2n) is 5.38. The summed E-state index contributed by atoms with van der Waals surface area (Å²) in [7, 11) is 1.50. The van der Waals surface area contributed by atoms with Gasteiger partial charge in [-0.3, -0.25) is 0 Å². The molecule has 24 heavy (non-hydrogen) atoms. The van der Waals surface area contributed by atoms with Crippen molar-refractivity contribution >= 4 is 6.21 Å². The van der Waals surface area contributed by atoms with Crippen molar-refractivity contribution in [2.24, 2.45) is 5.73 Å². The van der Waals surface area contributed by atoms with Gasteiger partial charge >= 0.3 is 0 Å². The Labute approximate surface area is 147 Å². The molecule has 0 saturated heterocycles. The molecule has 0 bridgehead atoms. The van der Waals surface area contributed by atoms with Gasteiger partial charge in [0.25, 0.3) is 0 Å². The number of nitrogens with one attached hydrogen (secondary N) is 2. The predicted molar refractivity (Wildman–Crippen MR) is 108 cm³/mol. The average molecular weight is 328 g/mol. The maximum atomic E-state index is 7.03. The van der Waals surface area contributed by atoms with Crippen molar-refractivity contribution in [3.8, 4) is 0 Å². The minimum atomic E-state index is 0.965. The van der Waals surface area contributed by atoms with Crippen molar-refractivity contribution in [1.82, 2.24) is 5.32 Å². The van der Waals surface area contributed by atoms with E-state index in [0.717, 1.165) is 18.5 Å². The van der Waals surface area contributed by atoms with Crippen LogP contribution >= 0.6 is 0 Å². The Hall–Kier alpha value is -2.13. The van der Waals surface area contributed by atoms with E-state index in [1.807, 2.05) is 19.1 Å². The fraction of sp³-hybridized carbons (Fsp3) is 0.381. The van der Waals surface area contributed by atoms with Crippen molar-refractivity contribution < 1.29 is 0 Å². The van der Waals surface area contributed by atoms with E-state index >= 15 is 0 Å². The Morgan fingerprint density at radius 3 is 2.38 bits per heavy atom. The lowest BCUT2D eigenvalue weighted by atomic mass is 10.1. The summed E-state index contributed by atoms with van der Waals surface area (Å²) in [4.78, 5) is 0. The molecule has 0 aromatic heterocycles. The van der Waals surface area contributed by atoms with Crippen molar-refractivity contribution in [1.29, 1.82) is 5.41 Å². The topological polar surface area (TPSA) is 61.9 Å². The lowest BCUT2D eigenvalue weighted by Crippen LogP contribution is -2.10. The molecule has 3 heteroatoms. The van der Waals surface area contributed by atoms with Crippen LogP contribution in [0.2, 0.25) is 0 Å². The molecule has 132 valence electrons. The fourth-order valence-corrected chi connectivity index (χ4v) is 2.13. The van der Waals surface area contributed by atoms with Gasteiger partial charge in [0.1, 0.15) is 0 Å². The molecule has 3 nitrogen and oxygen atoms in total. The summed E-state index contributed by atoms with van der Waals surface area (Å²) in [6, 6.07) is 8.21. The second kappa shape index (κ2) is 14.5. The van der Waals surface area contributed by atoms with Crippen LogP contribution in [-0.4, -0.2) is 19.8 Å². The monoisotopic (exact) mass is 327 g/mol. The van der Waals surface area contributed by atoms with E-state index in [-0.39, 0.29) is 0 Å². The molecule has 1 aromatic rings. The lowest BCUT2D eigenvalue weighted by molar-refractivity contribution is 0.795. The molecule has 0 radical (unpaired) electrons. The molecule has 2 rings (SSSR count). The molecule has 1 heterocycles. The summed E-state index contributed by atoms with van der Waals surface area (Å²) >= 11 is 0. The smallest absolute Gasteiger partial charge is 0.0331 e. The van der Waals surface area contributed by atoms with E-state index < -0.39 is 0 Å². The molecule has 0 spiro atoms. The van der Waals surface area contributed by atoms with Crippen molar-refractivity contribution in [2.45, 2.75) is 40.0 Å². The van der Waals surface area contributed by atoms with E-state index in [4.69, 9.17) is 5.41 Å². The molecule has 0 unspecified atom stereocenters. The predicted octanol–water partition coefficient (Wildman–Crippen LogP) is 4.60. The number of benzene rings is 1. The summed E-state index contributed by atoms with van der Waals surface area (Å²) in [6.45, 7) is 7.33. The SMILES string of the molecule is C/C=C\C1=CNCC=C1C.CCCCc1ccc(C=N)cc1.CN. The van der Waals surface area contributed by atoms with Crippen LogP contribution in [0.5, 0.6) is 0 Å². The normalized spacial score (nSPS) is 12.7. The van der Waals surface area contributed by atoms with Gasteiger partial charge in [0.05, 0.1) is 0 Å². The molecular weight excluding hydrogens is 294 g/mol. The molecule has 1 aromatic carbocycles. The summed E-state index contributed by atoms with van der Waals surface area (Å²) in [5.74, 6) is 0. The van der Waals surface area contributed by atoms with Crippen molar-refractivity contribution in [2.75, 3.05) is 13.6 Å². The zero-order chi connectivity index (χ0) is 18.2.